The van der Waals surface area contributed by atoms with Crippen LogP contribution in [-0.2, 0) is 13.1 Å². The number of anilines is 1. The predicted molar refractivity (Wildman–Crippen MR) is 105 cm³/mol. The number of aryl methyl sites for hydroxylation is 1. The van der Waals surface area contributed by atoms with Crippen LogP contribution in [0.25, 0.3) is 10.6 Å². The fourth-order valence-corrected chi connectivity index (χ4v) is 4.26. The van der Waals surface area contributed by atoms with E-state index in [-0.39, 0.29) is 0 Å². The van der Waals surface area contributed by atoms with Gasteiger partial charge >= 0.3 is 0 Å². The molecule has 138 valence electrons. The van der Waals surface area contributed by atoms with Gasteiger partial charge in [-0.1, -0.05) is 17.4 Å². The first-order chi connectivity index (χ1) is 13.1. The lowest BCUT2D eigenvalue weighted by molar-refractivity contribution is 0.507. The summed E-state index contributed by atoms with van der Waals surface area (Å²) in [6, 6.07) is 7.94. The van der Waals surface area contributed by atoms with Gasteiger partial charge in [-0.15, -0.1) is 0 Å². The monoisotopic (exact) mass is 402 g/mol. The third-order valence-corrected chi connectivity index (χ3v) is 5.89. The van der Waals surface area contributed by atoms with Gasteiger partial charge in [-0.3, -0.25) is 4.68 Å². The highest BCUT2D eigenvalue weighted by Crippen LogP contribution is 2.32. The van der Waals surface area contributed by atoms with Gasteiger partial charge in [0.05, 0.1) is 17.1 Å². The van der Waals surface area contributed by atoms with E-state index in [0.29, 0.717) is 12.1 Å². The minimum Gasteiger partial charge on any atom is -0.357 e. The summed E-state index contributed by atoms with van der Waals surface area (Å²) in [5.74, 6) is -1.69. The number of benzene rings is 1. The summed E-state index contributed by atoms with van der Waals surface area (Å²) in [6.07, 6.45) is 1.96. The molecular formula is C19H16F2N4S2. The standard InChI is InChI=1S/C19H16F2N4S2/c1-12-18(17-4-6-25(24-17)10-14-5-7-26-11-14)27-19(23-12)22-9-13-2-3-15(20)16(21)8-13/h2-8,11H,9-10H2,1H3,(H,22,23). The van der Waals surface area contributed by atoms with Crippen molar-refractivity contribution in [3.8, 4) is 10.6 Å². The normalized spacial score (nSPS) is 11.1. The van der Waals surface area contributed by atoms with Gasteiger partial charge in [-0.05, 0) is 53.1 Å². The number of hydrogen-bond donors (Lipinski definition) is 1. The molecule has 3 heterocycles. The van der Waals surface area contributed by atoms with E-state index in [1.807, 2.05) is 23.9 Å². The van der Waals surface area contributed by atoms with Crippen molar-refractivity contribution in [2.75, 3.05) is 5.32 Å². The summed E-state index contributed by atoms with van der Waals surface area (Å²) in [5.41, 5.74) is 3.64. The highest BCUT2D eigenvalue weighted by atomic mass is 32.1. The Morgan fingerprint density at radius 2 is 2.00 bits per heavy atom. The van der Waals surface area contributed by atoms with Crippen LogP contribution < -0.4 is 5.32 Å². The Bertz CT molecular complexity index is 1050. The molecule has 0 aliphatic heterocycles. The number of halogens is 2. The molecule has 0 bridgehead atoms. The molecule has 1 N–H and O–H groups in total. The SMILES string of the molecule is Cc1nc(NCc2ccc(F)c(F)c2)sc1-c1ccn(Cc2ccsc2)n1. The van der Waals surface area contributed by atoms with Crippen LogP contribution >= 0.6 is 22.7 Å². The van der Waals surface area contributed by atoms with Crippen LogP contribution in [0, 0.1) is 18.6 Å². The number of nitrogens with zero attached hydrogens (tertiary/aromatic N) is 3. The van der Waals surface area contributed by atoms with E-state index in [4.69, 9.17) is 0 Å². The third kappa shape index (κ3) is 4.06. The second kappa shape index (κ2) is 7.58. The van der Waals surface area contributed by atoms with Gasteiger partial charge < -0.3 is 5.32 Å². The Hall–Kier alpha value is -2.58. The van der Waals surface area contributed by atoms with Gasteiger partial charge in [0.1, 0.15) is 5.69 Å². The van der Waals surface area contributed by atoms with Crippen LogP contribution in [0.3, 0.4) is 0 Å². The molecule has 0 saturated heterocycles. The van der Waals surface area contributed by atoms with Crippen molar-refractivity contribution in [2.45, 2.75) is 20.0 Å². The second-order valence-electron chi connectivity index (χ2n) is 6.07. The minimum atomic E-state index is -0.846. The van der Waals surface area contributed by atoms with Crippen LogP contribution in [0.15, 0.2) is 47.3 Å². The van der Waals surface area contributed by atoms with Crippen molar-refractivity contribution in [3.05, 3.63) is 75.7 Å². The van der Waals surface area contributed by atoms with E-state index < -0.39 is 11.6 Å². The molecular weight excluding hydrogens is 386 g/mol. The molecule has 8 heteroatoms. The van der Waals surface area contributed by atoms with E-state index in [2.05, 4.69) is 32.2 Å². The molecule has 0 fully saturated rings. The summed E-state index contributed by atoms with van der Waals surface area (Å²) < 4.78 is 28.2. The molecule has 0 amide bonds. The smallest absolute Gasteiger partial charge is 0.183 e. The number of thiophene rings is 1. The van der Waals surface area contributed by atoms with Crippen molar-refractivity contribution < 1.29 is 8.78 Å². The third-order valence-electron chi connectivity index (χ3n) is 4.02. The van der Waals surface area contributed by atoms with Crippen molar-refractivity contribution in [3.63, 3.8) is 0 Å². The quantitative estimate of drug-likeness (QED) is 0.475. The van der Waals surface area contributed by atoms with E-state index in [1.165, 1.54) is 23.0 Å². The van der Waals surface area contributed by atoms with Crippen LogP contribution in [0.4, 0.5) is 13.9 Å². The molecule has 0 spiro atoms. The van der Waals surface area contributed by atoms with Crippen molar-refractivity contribution in [1.82, 2.24) is 14.8 Å². The summed E-state index contributed by atoms with van der Waals surface area (Å²) in [6.45, 7) is 3.05. The van der Waals surface area contributed by atoms with Gasteiger partial charge in [-0.25, -0.2) is 13.8 Å². The largest absolute Gasteiger partial charge is 0.357 e. The average molecular weight is 402 g/mol. The number of aromatic nitrogens is 3. The highest BCUT2D eigenvalue weighted by Gasteiger charge is 2.13. The Labute approximate surface area is 163 Å². The van der Waals surface area contributed by atoms with E-state index in [0.717, 1.165) is 34.0 Å². The maximum Gasteiger partial charge on any atom is 0.183 e. The molecule has 0 atom stereocenters. The van der Waals surface area contributed by atoms with Crippen molar-refractivity contribution >= 4 is 27.8 Å². The molecule has 0 aliphatic carbocycles. The fourth-order valence-electron chi connectivity index (χ4n) is 2.68. The van der Waals surface area contributed by atoms with Crippen molar-refractivity contribution in [2.24, 2.45) is 0 Å². The Morgan fingerprint density at radius 3 is 2.78 bits per heavy atom. The Balaban J connectivity index is 1.46. The zero-order valence-corrected chi connectivity index (χ0v) is 16.1. The Morgan fingerprint density at radius 1 is 1.11 bits per heavy atom. The molecule has 4 rings (SSSR count). The summed E-state index contributed by atoms with van der Waals surface area (Å²) in [5, 5.41) is 12.7. The zero-order valence-electron chi connectivity index (χ0n) is 14.4. The molecule has 0 aliphatic rings. The zero-order chi connectivity index (χ0) is 18.8. The van der Waals surface area contributed by atoms with Gasteiger partial charge in [0.25, 0.3) is 0 Å². The van der Waals surface area contributed by atoms with Crippen LogP contribution in [0.2, 0.25) is 0 Å². The molecule has 0 radical (unpaired) electrons. The summed E-state index contributed by atoms with van der Waals surface area (Å²) in [7, 11) is 0. The minimum absolute atomic E-state index is 0.371. The Kier molecular flexibility index (Phi) is 5.00. The van der Waals surface area contributed by atoms with E-state index >= 15 is 0 Å². The average Bonchev–Trinajstić information content (AvgIpc) is 3.38. The fraction of sp³-hybridized carbons (Fsp3) is 0.158. The van der Waals surface area contributed by atoms with Crippen LogP contribution in [0.1, 0.15) is 16.8 Å². The lowest BCUT2D eigenvalue weighted by Gasteiger charge is -2.03. The van der Waals surface area contributed by atoms with Gasteiger partial charge in [0.2, 0.25) is 0 Å². The first-order valence-electron chi connectivity index (χ1n) is 8.28. The van der Waals surface area contributed by atoms with Crippen LogP contribution in [0.5, 0.6) is 0 Å². The number of thiazole rings is 1. The molecule has 4 aromatic rings. The molecule has 0 unspecified atom stereocenters. The first-order valence-corrected chi connectivity index (χ1v) is 10.0. The number of rotatable bonds is 6. The molecule has 1 aromatic carbocycles. The number of hydrogen-bond acceptors (Lipinski definition) is 5. The van der Waals surface area contributed by atoms with Gasteiger partial charge in [0, 0.05) is 12.7 Å². The lowest BCUT2D eigenvalue weighted by atomic mass is 10.2. The topological polar surface area (TPSA) is 42.7 Å². The molecule has 4 nitrogen and oxygen atoms in total. The van der Waals surface area contributed by atoms with Gasteiger partial charge in [-0.2, -0.15) is 16.4 Å². The maximum absolute atomic E-state index is 13.3. The molecule has 3 aromatic heterocycles. The van der Waals surface area contributed by atoms with Gasteiger partial charge in [0.15, 0.2) is 16.8 Å². The summed E-state index contributed by atoms with van der Waals surface area (Å²) >= 11 is 3.17. The van der Waals surface area contributed by atoms with Crippen LogP contribution in [-0.4, -0.2) is 14.8 Å². The maximum atomic E-state index is 13.3. The second-order valence-corrected chi connectivity index (χ2v) is 7.84. The van der Waals surface area contributed by atoms with E-state index in [9.17, 15) is 8.78 Å². The predicted octanol–water partition coefficient (Wildman–Crippen LogP) is 5.32. The van der Waals surface area contributed by atoms with E-state index in [1.54, 1.807) is 17.4 Å². The lowest BCUT2D eigenvalue weighted by Crippen LogP contribution is -2.00. The van der Waals surface area contributed by atoms with Crippen molar-refractivity contribution in [1.29, 1.82) is 0 Å². The highest BCUT2D eigenvalue weighted by molar-refractivity contribution is 7.19. The molecule has 0 saturated carbocycles. The molecule has 27 heavy (non-hydrogen) atoms. The first kappa shape index (κ1) is 17.8. The number of nitrogens with one attached hydrogen (secondary N) is 1. The summed E-state index contributed by atoms with van der Waals surface area (Å²) in [4.78, 5) is 5.51.